The van der Waals surface area contributed by atoms with E-state index in [0.717, 1.165) is 50.1 Å². The van der Waals surface area contributed by atoms with Crippen molar-refractivity contribution in [3.63, 3.8) is 0 Å². The molecule has 0 aliphatic heterocycles. The first-order valence-corrected chi connectivity index (χ1v) is 17.4. The number of hydrogen-bond donors (Lipinski definition) is 0. The van der Waals surface area contributed by atoms with Gasteiger partial charge in [-0.15, -0.1) is 6.58 Å². The van der Waals surface area contributed by atoms with Gasteiger partial charge < -0.3 is 8.98 Å². The molecule has 0 atom stereocenters. The Morgan fingerprint density at radius 1 is 0.529 bits per heavy atom. The Hall–Kier alpha value is -6.71. The summed E-state index contributed by atoms with van der Waals surface area (Å²) in [6.07, 6.45) is 1.75. The molecule has 0 amide bonds. The van der Waals surface area contributed by atoms with Crippen molar-refractivity contribution in [1.29, 1.82) is 0 Å². The van der Waals surface area contributed by atoms with Gasteiger partial charge in [0.25, 0.3) is 0 Å². The highest BCUT2D eigenvalue weighted by Gasteiger charge is 2.23. The normalized spacial score (nSPS) is 11.7. The summed E-state index contributed by atoms with van der Waals surface area (Å²) in [5, 5.41) is 7.15. The lowest BCUT2D eigenvalue weighted by molar-refractivity contribution is 0.669. The second-order valence-corrected chi connectivity index (χ2v) is 13.2. The standard InChI is InChI=1S/C45H26N2O.C3H6/c1-2-10-31(11-3-1)47-40-16-7-6-13-33(40)36-23-27(17-20-41(36)47)28-18-21-42-37(24-28)38-25-29(19-22-43(38)48-42)39-26-30-9-8-15-34-32-12-4-5-14-35(32)45(46-39)44(30)34;1-3-2/h1-26H;3H,1H2,2H3. The van der Waals surface area contributed by atoms with Gasteiger partial charge in [-0.3, -0.25) is 0 Å². The lowest BCUT2D eigenvalue weighted by atomic mass is 9.99. The van der Waals surface area contributed by atoms with Gasteiger partial charge in [-0.1, -0.05) is 97.1 Å². The summed E-state index contributed by atoms with van der Waals surface area (Å²) in [5.74, 6) is 0. The maximum absolute atomic E-state index is 6.36. The smallest absolute Gasteiger partial charge is 0.135 e. The molecule has 10 aromatic rings. The predicted molar refractivity (Wildman–Crippen MR) is 215 cm³/mol. The molecule has 0 N–H and O–H groups in total. The summed E-state index contributed by atoms with van der Waals surface area (Å²) in [5.41, 5.74) is 14.5. The van der Waals surface area contributed by atoms with E-state index < -0.39 is 0 Å². The van der Waals surface area contributed by atoms with Gasteiger partial charge in [-0.25, -0.2) is 4.98 Å². The van der Waals surface area contributed by atoms with E-state index in [1.165, 1.54) is 54.8 Å². The van der Waals surface area contributed by atoms with Crippen LogP contribution in [0, 0.1) is 0 Å². The van der Waals surface area contributed by atoms with Gasteiger partial charge in [0.2, 0.25) is 0 Å². The Kier molecular flexibility index (Phi) is 6.55. The lowest BCUT2D eigenvalue weighted by Gasteiger charge is -2.08. The molecular weight excluding hydrogens is 621 g/mol. The maximum atomic E-state index is 6.36. The number of furan rings is 1. The van der Waals surface area contributed by atoms with Crippen LogP contribution < -0.4 is 0 Å². The summed E-state index contributed by atoms with van der Waals surface area (Å²) in [4.78, 5) is 5.26. The average molecular weight is 653 g/mol. The molecular formula is C48H32N2O. The quantitative estimate of drug-likeness (QED) is 0.178. The van der Waals surface area contributed by atoms with Gasteiger partial charge in [0.1, 0.15) is 11.2 Å². The highest BCUT2D eigenvalue weighted by Crippen LogP contribution is 2.47. The van der Waals surface area contributed by atoms with Crippen molar-refractivity contribution in [2.75, 3.05) is 0 Å². The summed E-state index contributed by atoms with van der Waals surface area (Å²) in [6.45, 7) is 5.25. The summed E-state index contributed by atoms with van der Waals surface area (Å²) in [6, 6.07) is 56.5. The Morgan fingerprint density at radius 3 is 1.94 bits per heavy atom. The first-order chi connectivity index (χ1) is 25.2. The average Bonchev–Trinajstić information content (AvgIpc) is 3.83. The van der Waals surface area contributed by atoms with Crippen LogP contribution in [0.5, 0.6) is 0 Å². The third-order valence-electron chi connectivity index (χ3n) is 10.1. The summed E-state index contributed by atoms with van der Waals surface area (Å²) >= 11 is 0. The van der Waals surface area contributed by atoms with Crippen LogP contribution in [0.15, 0.2) is 175 Å². The molecule has 0 unspecified atom stereocenters. The summed E-state index contributed by atoms with van der Waals surface area (Å²) in [7, 11) is 0. The van der Waals surface area contributed by atoms with E-state index in [0.29, 0.717) is 0 Å². The molecule has 51 heavy (non-hydrogen) atoms. The Labute approximate surface area is 295 Å². The molecule has 240 valence electrons. The van der Waals surface area contributed by atoms with E-state index in [4.69, 9.17) is 9.40 Å². The second-order valence-electron chi connectivity index (χ2n) is 13.2. The third kappa shape index (κ3) is 4.48. The number of allylic oxidation sites excluding steroid dienone is 1. The van der Waals surface area contributed by atoms with E-state index in [1.807, 2.05) is 6.92 Å². The molecule has 3 heteroatoms. The number of benzene rings is 7. The molecule has 0 saturated carbocycles. The topological polar surface area (TPSA) is 31.0 Å². The largest absolute Gasteiger partial charge is 0.456 e. The van der Waals surface area contributed by atoms with Gasteiger partial charge in [-0.05, 0) is 101 Å². The fourth-order valence-corrected chi connectivity index (χ4v) is 7.93. The first-order valence-electron chi connectivity index (χ1n) is 17.4. The number of pyridine rings is 1. The van der Waals surface area contributed by atoms with Crippen LogP contribution in [-0.2, 0) is 0 Å². The molecule has 1 aliphatic rings. The van der Waals surface area contributed by atoms with Gasteiger partial charge in [0.15, 0.2) is 0 Å². The maximum Gasteiger partial charge on any atom is 0.135 e. The highest BCUT2D eigenvalue weighted by atomic mass is 16.3. The molecule has 7 aromatic carbocycles. The fraction of sp³-hybridized carbons (Fsp3) is 0.0208. The van der Waals surface area contributed by atoms with Crippen molar-refractivity contribution < 1.29 is 4.42 Å². The van der Waals surface area contributed by atoms with E-state index in [-0.39, 0.29) is 0 Å². The van der Waals surface area contributed by atoms with Crippen LogP contribution >= 0.6 is 0 Å². The van der Waals surface area contributed by atoms with Crippen LogP contribution in [0.25, 0.3) is 105 Å². The minimum Gasteiger partial charge on any atom is -0.456 e. The van der Waals surface area contributed by atoms with E-state index in [2.05, 4.69) is 169 Å². The van der Waals surface area contributed by atoms with Gasteiger partial charge in [0, 0.05) is 43.7 Å². The third-order valence-corrected chi connectivity index (χ3v) is 10.1. The zero-order valence-corrected chi connectivity index (χ0v) is 28.1. The van der Waals surface area contributed by atoms with E-state index in [9.17, 15) is 0 Å². The van der Waals surface area contributed by atoms with Crippen LogP contribution in [0.2, 0.25) is 0 Å². The number of fused-ring (bicyclic) bond motifs is 9. The number of aromatic nitrogens is 2. The predicted octanol–water partition coefficient (Wildman–Crippen LogP) is 13.4. The van der Waals surface area contributed by atoms with Crippen molar-refractivity contribution in [1.82, 2.24) is 9.55 Å². The van der Waals surface area contributed by atoms with Gasteiger partial charge in [0.05, 0.1) is 22.4 Å². The Balaban J connectivity index is 0.00000106. The lowest BCUT2D eigenvalue weighted by Crippen LogP contribution is -1.92. The molecule has 0 spiro atoms. The minimum absolute atomic E-state index is 0.880. The van der Waals surface area contributed by atoms with Crippen molar-refractivity contribution in [3.8, 4) is 50.5 Å². The van der Waals surface area contributed by atoms with Crippen LogP contribution in [0.1, 0.15) is 6.92 Å². The first kappa shape index (κ1) is 29.2. The zero-order chi connectivity index (χ0) is 34.1. The molecule has 3 heterocycles. The molecule has 0 saturated heterocycles. The molecule has 11 rings (SSSR count). The SMILES string of the molecule is C=CC.c1ccc(-n2c3ccccc3c3cc(-c4ccc5oc6ccc(-c7cc8cccc9c8c(n7)-c7ccccc7-9)cc6c5c4)ccc32)cc1. The van der Waals surface area contributed by atoms with Crippen molar-refractivity contribution in [2.24, 2.45) is 0 Å². The molecule has 0 bridgehead atoms. The Bertz CT molecular complexity index is 3000. The monoisotopic (exact) mass is 652 g/mol. The number of nitrogens with zero attached hydrogens (tertiary/aromatic N) is 2. The number of rotatable bonds is 3. The molecule has 0 fully saturated rings. The molecule has 3 aromatic heterocycles. The zero-order valence-electron chi connectivity index (χ0n) is 28.1. The van der Waals surface area contributed by atoms with Crippen molar-refractivity contribution >= 4 is 54.5 Å². The second kappa shape index (κ2) is 11.4. The minimum atomic E-state index is 0.880. The number of para-hydroxylation sites is 2. The van der Waals surface area contributed by atoms with Crippen molar-refractivity contribution in [2.45, 2.75) is 6.92 Å². The van der Waals surface area contributed by atoms with Crippen LogP contribution in [0.4, 0.5) is 0 Å². The molecule has 1 aliphatic carbocycles. The molecule has 3 nitrogen and oxygen atoms in total. The van der Waals surface area contributed by atoms with E-state index >= 15 is 0 Å². The van der Waals surface area contributed by atoms with Gasteiger partial charge in [-0.2, -0.15) is 0 Å². The van der Waals surface area contributed by atoms with Crippen molar-refractivity contribution in [3.05, 3.63) is 170 Å². The Morgan fingerprint density at radius 2 is 1.14 bits per heavy atom. The van der Waals surface area contributed by atoms with Gasteiger partial charge >= 0.3 is 0 Å². The molecule has 0 radical (unpaired) electrons. The number of hydrogen-bond acceptors (Lipinski definition) is 2. The fourth-order valence-electron chi connectivity index (χ4n) is 7.93. The summed E-state index contributed by atoms with van der Waals surface area (Å²) < 4.78 is 8.72. The van der Waals surface area contributed by atoms with E-state index in [1.54, 1.807) is 6.08 Å². The van der Waals surface area contributed by atoms with Crippen LogP contribution in [0.3, 0.4) is 0 Å². The highest BCUT2D eigenvalue weighted by molar-refractivity contribution is 6.15. The van der Waals surface area contributed by atoms with Crippen LogP contribution in [-0.4, -0.2) is 9.55 Å².